The van der Waals surface area contributed by atoms with Crippen LogP contribution in [0, 0.1) is 5.92 Å². The number of hydrogen-bond acceptors (Lipinski definition) is 5. The number of nitrogens with one attached hydrogen (secondary N) is 2. The molecule has 1 saturated carbocycles. The van der Waals surface area contributed by atoms with Gasteiger partial charge in [-0.25, -0.2) is 4.79 Å². The van der Waals surface area contributed by atoms with Crippen LogP contribution in [0.4, 0.5) is 0 Å². The van der Waals surface area contributed by atoms with Gasteiger partial charge in [-0.2, -0.15) is 0 Å². The molecule has 0 aliphatic heterocycles. The third kappa shape index (κ3) is 5.57. The lowest BCUT2D eigenvalue weighted by molar-refractivity contribution is -0.144. The van der Waals surface area contributed by atoms with Crippen molar-refractivity contribution in [1.29, 1.82) is 0 Å². The van der Waals surface area contributed by atoms with Gasteiger partial charge in [-0.1, -0.05) is 12.8 Å². The Balaban J connectivity index is 2.34. The first-order valence-electron chi connectivity index (χ1n) is 6.78. The van der Waals surface area contributed by atoms with Crippen molar-refractivity contribution in [2.45, 2.75) is 44.8 Å². The predicted molar refractivity (Wildman–Crippen MR) is 70.5 cm³/mol. The Morgan fingerprint density at radius 2 is 2.05 bits per heavy atom. The quantitative estimate of drug-likeness (QED) is 0.583. The van der Waals surface area contributed by atoms with Gasteiger partial charge in [0.15, 0.2) is 0 Å². The van der Waals surface area contributed by atoms with E-state index in [0.29, 0.717) is 13.1 Å². The molecule has 1 rings (SSSR count). The summed E-state index contributed by atoms with van der Waals surface area (Å²) in [6, 6.07) is -0.678. The second-order valence-electron chi connectivity index (χ2n) is 5.05. The average molecular weight is 272 g/mol. The molecule has 3 unspecified atom stereocenters. The first kappa shape index (κ1) is 15.9. The van der Waals surface area contributed by atoms with E-state index >= 15 is 0 Å². The fraction of sp³-hybridized carbons (Fsp3) is 0.846. The van der Waals surface area contributed by atoms with Crippen LogP contribution in [0.5, 0.6) is 0 Å². The van der Waals surface area contributed by atoms with Crippen molar-refractivity contribution < 1.29 is 19.4 Å². The van der Waals surface area contributed by atoms with E-state index in [-0.39, 0.29) is 17.9 Å². The minimum Gasteiger partial charge on any atom is -0.467 e. The summed E-state index contributed by atoms with van der Waals surface area (Å²) in [6.07, 6.45) is 3.79. The van der Waals surface area contributed by atoms with Gasteiger partial charge in [-0.3, -0.25) is 4.79 Å². The Morgan fingerprint density at radius 3 is 2.63 bits per heavy atom. The van der Waals surface area contributed by atoms with Gasteiger partial charge in [0.25, 0.3) is 0 Å². The number of amides is 1. The fourth-order valence-corrected chi connectivity index (χ4v) is 2.42. The van der Waals surface area contributed by atoms with Crippen molar-refractivity contribution >= 4 is 11.9 Å². The maximum absolute atomic E-state index is 11.5. The van der Waals surface area contributed by atoms with Gasteiger partial charge in [0.2, 0.25) is 5.91 Å². The molecule has 0 bridgehead atoms. The highest BCUT2D eigenvalue weighted by Gasteiger charge is 2.24. The van der Waals surface area contributed by atoms with E-state index in [9.17, 15) is 14.7 Å². The first-order valence-corrected chi connectivity index (χ1v) is 6.78. The lowest BCUT2D eigenvalue weighted by Gasteiger charge is -2.28. The largest absolute Gasteiger partial charge is 0.467 e. The minimum absolute atomic E-state index is 0.226. The molecule has 19 heavy (non-hydrogen) atoms. The molecular formula is C13H24N2O4. The molecule has 3 atom stereocenters. The normalized spacial score (nSPS) is 24.6. The molecule has 0 heterocycles. The Kier molecular flexibility index (Phi) is 6.80. The summed E-state index contributed by atoms with van der Waals surface area (Å²) in [4.78, 5) is 22.5. The zero-order chi connectivity index (χ0) is 14.3. The molecule has 0 spiro atoms. The molecule has 110 valence electrons. The summed E-state index contributed by atoms with van der Waals surface area (Å²) in [5.41, 5.74) is 0. The molecule has 1 amide bonds. The van der Waals surface area contributed by atoms with E-state index < -0.39 is 12.0 Å². The van der Waals surface area contributed by atoms with Crippen LogP contribution in [0.1, 0.15) is 32.6 Å². The number of esters is 1. The molecular weight excluding hydrogens is 248 g/mol. The van der Waals surface area contributed by atoms with Gasteiger partial charge < -0.3 is 20.5 Å². The van der Waals surface area contributed by atoms with Crippen molar-refractivity contribution in [2.75, 3.05) is 20.2 Å². The zero-order valence-corrected chi connectivity index (χ0v) is 11.6. The summed E-state index contributed by atoms with van der Waals surface area (Å²) in [5.74, 6) is -0.508. The van der Waals surface area contributed by atoms with Crippen molar-refractivity contribution in [3.05, 3.63) is 0 Å². The molecule has 1 fully saturated rings. The number of carbonyl (C=O) groups excluding carboxylic acids is 2. The summed E-state index contributed by atoms with van der Waals surface area (Å²) in [6.45, 7) is 2.32. The fourth-order valence-electron chi connectivity index (χ4n) is 2.42. The van der Waals surface area contributed by atoms with Gasteiger partial charge in [0.05, 0.1) is 13.2 Å². The summed E-state index contributed by atoms with van der Waals surface area (Å²) in [7, 11) is 1.29. The lowest BCUT2D eigenvalue weighted by atomic mass is 9.86. The highest BCUT2D eigenvalue weighted by molar-refractivity contribution is 5.83. The van der Waals surface area contributed by atoms with Gasteiger partial charge in [0, 0.05) is 20.0 Å². The molecule has 0 aromatic carbocycles. The Labute approximate surface area is 113 Å². The predicted octanol–water partition coefficient (Wildman–Crippen LogP) is -0.195. The standard InChI is InChI=1S/C13H24N2O4/c1-9(16)15-11(13(18)19-2)8-14-7-10-5-3-4-6-12(10)17/h10-12,14,17H,3-8H2,1-2H3,(H,15,16). The van der Waals surface area contributed by atoms with Crippen molar-refractivity contribution in [3.63, 3.8) is 0 Å². The summed E-state index contributed by atoms with van der Waals surface area (Å²) >= 11 is 0. The van der Waals surface area contributed by atoms with E-state index in [0.717, 1.165) is 25.7 Å². The zero-order valence-electron chi connectivity index (χ0n) is 11.6. The minimum atomic E-state index is -0.678. The number of carbonyl (C=O) groups is 2. The van der Waals surface area contributed by atoms with E-state index in [1.807, 2.05) is 0 Å². The van der Waals surface area contributed by atoms with E-state index in [1.165, 1.54) is 14.0 Å². The van der Waals surface area contributed by atoms with Crippen molar-refractivity contribution in [1.82, 2.24) is 10.6 Å². The number of aliphatic hydroxyl groups is 1. The van der Waals surface area contributed by atoms with Crippen LogP contribution in [-0.4, -0.2) is 49.3 Å². The topological polar surface area (TPSA) is 87.7 Å². The second-order valence-corrected chi connectivity index (χ2v) is 5.05. The Morgan fingerprint density at radius 1 is 1.37 bits per heavy atom. The van der Waals surface area contributed by atoms with E-state index in [1.54, 1.807) is 0 Å². The van der Waals surface area contributed by atoms with Crippen LogP contribution < -0.4 is 10.6 Å². The Hall–Kier alpha value is -1.14. The third-order valence-electron chi connectivity index (χ3n) is 3.49. The highest BCUT2D eigenvalue weighted by Crippen LogP contribution is 2.23. The first-order chi connectivity index (χ1) is 9.04. The molecule has 0 radical (unpaired) electrons. The van der Waals surface area contributed by atoms with Crippen LogP contribution in [0.3, 0.4) is 0 Å². The third-order valence-corrected chi connectivity index (χ3v) is 3.49. The molecule has 0 aromatic rings. The maximum atomic E-state index is 11.5. The molecule has 6 heteroatoms. The summed E-state index contributed by atoms with van der Waals surface area (Å²) in [5, 5.41) is 15.5. The highest BCUT2D eigenvalue weighted by atomic mass is 16.5. The smallest absolute Gasteiger partial charge is 0.329 e. The Bertz CT molecular complexity index is 309. The molecule has 0 saturated heterocycles. The SMILES string of the molecule is COC(=O)C(CNCC1CCCCC1O)NC(C)=O. The van der Waals surface area contributed by atoms with Crippen molar-refractivity contribution in [3.8, 4) is 0 Å². The monoisotopic (exact) mass is 272 g/mol. The van der Waals surface area contributed by atoms with E-state index in [4.69, 9.17) is 0 Å². The van der Waals surface area contributed by atoms with Crippen LogP contribution in [0.2, 0.25) is 0 Å². The van der Waals surface area contributed by atoms with Crippen LogP contribution in [-0.2, 0) is 14.3 Å². The molecule has 0 aromatic heterocycles. The number of ether oxygens (including phenoxy) is 1. The van der Waals surface area contributed by atoms with Gasteiger partial charge in [0.1, 0.15) is 6.04 Å². The van der Waals surface area contributed by atoms with Crippen LogP contribution >= 0.6 is 0 Å². The summed E-state index contributed by atoms with van der Waals surface area (Å²) < 4.78 is 4.63. The number of methoxy groups -OCH3 is 1. The van der Waals surface area contributed by atoms with Crippen molar-refractivity contribution in [2.24, 2.45) is 5.92 Å². The number of aliphatic hydroxyl groups excluding tert-OH is 1. The average Bonchev–Trinajstić information content (AvgIpc) is 2.38. The lowest BCUT2D eigenvalue weighted by Crippen LogP contribution is -2.48. The maximum Gasteiger partial charge on any atom is 0.329 e. The van der Waals surface area contributed by atoms with E-state index in [2.05, 4.69) is 15.4 Å². The molecule has 3 N–H and O–H groups in total. The van der Waals surface area contributed by atoms with Crippen LogP contribution in [0.25, 0.3) is 0 Å². The molecule has 6 nitrogen and oxygen atoms in total. The number of rotatable bonds is 6. The number of hydrogen-bond donors (Lipinski definition) is 3. The van der Waals surface area contributed by atoms with Gasteiger partial charge in [-0.15, -0.1) is 0 Å². The van der Waals surface area contributed by atoms with Gasteiger partial charge >= 0.3 is 5.97 Å². The van der Waals surface area contributed by atoms with Crippen LogP contribution in [0.15, 0.2) is 0 Å². The molecule has 1 aliphatic rings. The molecule has 1 aliphatic carbocycles. The van der Waals surface area contributed by atoms with Gasteiger partial charge in [-0.05, 0) is 18.8 Å². The second kappa shape index (κ2) is 8.12.